The Morgan fingerprint density at radius 1 is 1.25 bits per heavy atom. The maximum absolute atomic E-state index is 11.2. The molecule has 0 heterocycles. The third-order valence-electron chi connectivity index (χ3n) is 4.77. The van der Waals surface area contributed by atoms with E-state index >= 15 is 0 Å². The van der Waals surface area contributed by atoms with Gasteiger partial charge in [0.15, 0.2) is 0 Å². The van der Waals surface area contributed by atoms with E-state index in [9.17, 15) is 9.90 Å². The second-order valence-electron chi connectivity index (χ2n) is 6.13. The first-order chi connectivity index (χ1) is 7.43. The number of carboxylic acids is 1. The minimum atomic E-state index is -0.623. The van der Waals surface area contributed by atoms with Crippen molar-refractivity contribution in [2.24, 2.45) is 17.3 Å². The summed E-state index contributed by atoms with van der Waals surface area (Å²) >= 11 is 0. The summed E-state index contributed by atoms with van der Waals surface area (Å²) in [5, 5.41) is 12.9. The molecule has 2 rings (SSSR count). The van der Waals surface area contributed by atoms with Gasteiger partial charge in [0, 0.05) is 12.1 Å². The second-order valence-corrected chi connectivity index (χ2v) is 6.13. The van der Waals surface area contributed by atoms with Gasteiger partial charge < -0.3 is 10.4 Å². The largest absolute Gasteiger partial charge is 0.481 e. The van der Waals surface area contributed by atoms with Crippen LogP contribution >= 0.6 is 0 Å². The molecule has 0 radical (unpaired) electrons. The molecule has 2 aliphatic rings. The third kappa shape index (κ3) is 2.10. The van der Waals surface area contributed by atoms with Gasteiger partial charge in [-0.25, -0.2) is 0 Å². The van der Waals surface area contributed by atoms with Crippen molar-refractivity contribution in [3.05, 3.63) is 0 Å². The van der Waals surface area contributed by atoms with E-state index in [1.165, 1.54) is 12.8 Å². The average molecular weight is 225 g/mol. The van der Waals surface area contributed by atoms with E-state index in [0.29, 0.717) is 18.0 Å². The van der Waals surface area contributed by atoms with Gasteiger partial charge in [-0.2, -0.15) is 0 Å². The Hall–Kier alpha value is -0.570. The van der Waals surface area contributed by atoms with Gasteiger partial charge >= 0.3 is 5.97 Å². The first kappa shape index (κ1) is 11.9. The molecule has 0 amide bonds. The Labute approximate surface area is 97.6 Å². The van der Waals surface area contributed by atoms with Gasteiger partial charge in [0.05, 0.1) is 5.92 Å². The number of rotatable bonds is 3. The van der Waals surface area contributed by atoms with Crippen LogP contribution in [0.2, 0.25) is 0 Å². The molecule has 0 aromatic rings. The monoisotopic (exact) mass is 225 g/mol. The highest BCUT2D eigenvalue weighted by molar-refractivity contribution is 5.71. The summed E-state index contributed by atoms with van der Waals surface area (Å²) in [7, 11) is 0. The van der Waals surface area contributed by atoms with Crippen LogP contribution in [-0.2, 0) is 4.79 Å². The molecule has 3 nitrogen and oxygen atoms in total. The molecule has 0 spiro atoms. The maximum Gasteiger partial charge on any atom is 0.307 e. The molecule has 3 unspecified atom stereocenters. The van der Waals surface area contributed by atoms with E-state index in [1.807, 2.05) is 0 Å². The Bertz CT molecular complexity index is 284. The van der Waals surface area contributed by atoms with Crippen molar-refractivity contribution in [3.8, 4) is 0 Å². The Morgan fingerprint density at radius 2 is 1.88 bits per heavy atom. The van der Waals surface area contributed by atoms with Crippen LogP contribution in [0.1, 0.15) is 46.5 Å². The molecule has 2 N–H and O–H groups in total. The molecule has 0 saturated heterocycles. The summed E-state index contributed by atoms with van der Waals surface area (Å²) in [5.41, 5.74) is -0.101. The van der Waals surface area contributed by atoms with Crippen molar-refractivity contribution < 1.29 is 9.90 Å². The van der Waals surface area contributed by atoms with Gasteiger partial charge in [-0.3, -0.25) is 4.79 Å². The first-order valence-corrected chi connectivity index (χ1v) is 6.41. The SMILES string of the molecule is CC1C(NC2CC2)CCC(C(=O)O)C1(C)C. The molecule has 0 aromatic carbocycles. The summed E-state index contributed by atoms with van der Waals surface area (Å²) < 4.78 is 0. The number of hydrogen-bond donors (Lipinski definition) is 2. The summed E-state index contributed by atoms with van der Waals surface area (Å²) in [6.07, 6.45) is 4.42. The lowest BCUT2D eigenvalue weighted by molar-refractivity contribution is -0.150. The third-order valence-corrected chi connectivity index (χ3v) is 4.77. The van der Waals surface area contributed by atoms with Gasteiger partial charge in [-0.05, 0) is 37.0 Å². The van der Waals surface area contributed by atoms with E-state index in [1.54, 1.807) is 0 Å². The van der Waals surface area contributed by atoms with Gasteiger partial charge in [0.25, 0.3) is 0 Å². The van der Waals surface area contributed by atoms with Gasteiger partial charge in [-0.15, -0.1) is 0 Å². The number of carbonyl (C=O) groups is 1. The molecule has 2 fully saturated rings. The molecule has 2 aliphatic carbocycles. The van der Waals surface area contributed by atoms with Crippen LogP contribution in [0.15, 0.2) is 0 Å². The summed E-state index contributed by atoms with van der Waals surface area (Å²) in [4.78, 5) is 11.2. The van der Waals surface area contributed by atoms with E-state index in [-0.39, 0.29) is 11.3 Å². The standard InChI is InChI=1S/C13H23NO2/c1-8-11(14-9-4-5-9)7-6-10(12(15)16)13(8,2)3/h8-11,14H,4-7H2,1-3H3,(H,15,16). The minimum Gasteiger partial charge on any atom is -0.481 e. The molecule has 92 valence electrons. The lowest BCUT2D eigenvalue weighted by Crippen LogP contribution is -2.51. The molecule has 0 aromatic heterocycles. The molecular weight excluding hydrogens is 202 g/mol. The van der Waals surface area contributed by atoms with Crippen LogP contribution in [0.4, 0.5) is 0 Å². The Kier molecular flexibility index (Phi) is 2.99. The lowest BCUT2D eigenvalue weighted by Gasteiger charge is -2.46. The zero-order valence-electron chi connectivity index (χ0n) is 10.5. The van der Waals surface area contributed by atoms with Crippen LogP contribution in [0.25, 0.3) is 0 Å². The number of aliphatic carboxylic acids is 1. The predicted octanol–water partition coefficient (Wildman–Crippen LogP) is 2.26. The van der Waals surface area contributed by atoms with Crippen LogP contribution in [0.5, 0.6) is 0 Å². The highest BCUT2D eigenvalue weighted by atomic mass is 16.4. The first-order valence-electron chi connectivity index (χ1n) is 6.41. The zero-order chi connectivity index (χ0) is 11.9. The van der Waals surface area contributed by atoms with Gasteiger partial charge in [0.2, 0.25) is 0 Å². The number of carboxylic acid groups (broad SMARTS) is 1. The molecule has 0 aliphatic heterocycles. The second kappa shape index (κ2) is 4.02. The van der Waals surface area contributed by atoms with Gasteiger partial charge in [0.1, 0.15) is 0 Å². The van der Waals surface area contributed by atoms with E-state index < -0.39 is 5.97 Å². The fourth-order valence-corrected chi connectivity index (χ4v) is 3.03. The molecule has 3 heteroatoms. The highest BCUT2D eigenvalue weighted by Gasteiger charge is 2.46. The fourth-order valence-electron chi connectivity index (χ4n) is 3.03. The average Bonchev–Trinajstić information content (AvgIpc) is 2.96. The lowest BCUT2D eigenvalue weighted by atomic mass is 9.61. The summed E-state index contributed by atoms with van der Waals surface area (Å²) in [6, 6.07) is 1.22. The van der Waals surface area contributed by atoms with Crippen LogP contribution in [0, 0.1) is 17.3 Å². The van der Waals surface area contributed by atoms with Crippen molar-refractivity contribution in [2.45, 2.75) is 58.5 Å². The predicted molar refractivity (Wildman–Crippen MR) is 63.3 cm³/mol. The zero-order valence-corrected chi connectivity index (χ0v) is 10.5. The fraction of sp³-hybridized carbons (Fsp3) is 0.923. The van der Waals surface area contributed by atoms with E-state index in [0.717, 1.165) is 12.8 Å². The van der Waals surface area contributed by atoms with Crippen molar-refractivity contribution in [3.63, 3.8) is 0 Å². The van der Waals surface area contributed by atoms with Crippen LogP contribution < -0.4 is 5.32 Å². The number of hydrogen-bond acceptors (Lipinski definition) is 2. The highest BCUT2D eigenvalue weighted by Crippen LogP contribution is 2.45. The van der Waals surface area contributed by atoms with Crippen molar-refractivity contribution >= 4 is 5.97 Å². The quantitative estimate of drug-likeness (QED) is 0.774. The van der Waals surface area contributed by atoms with Crippen molar-refractivity contribution in [1.82, 2.24) is 5.32 Å². The molecule has 16 heavy (non-hydrogen) atoms. The van der Waals surface area contributed by atoms with Crippen molar-refractivity contribution in [2.75, 3.05) is 0 Å². The van der Waals surface area contributed by atoms with Crippen molar-refractivity contribution in [1.29, 1.82) is 0 Å². The van der Waals surface area contributed by atoms with Crippen LogP contribution in [-0.4, -0.2) is 23.2 Å². The van der Waals surface area contributed by atoms with Crippen LogP contribution in [0.3, 0.4) is 0 Å². The molecule has 0 bridgehead atoms. The minimum absolute atomic E-state index is 0.101. The summed E-state index contributed by atoms with van der Waals surface area (Å²) in [6.45, 7) is 6.42. The maximum atomic E-state index is 11.2. The molecular formula is C13H23NO2. The van der Waals surface area contributed by atoms with Gasteiger partial charge in [-0.1, -0.05) is 20.8 Å². The molecule has 2 saturated carbocycles. The smallest absolute Gasteiger partial charge is 0.307 e. The summed E-state index contributed by atoms with van der Waals surface area (Å²) in [5.74, 6) is -0.371. The topological polar surface area (TPSA) is 49.3 Å². The Balaban J connectivity index is 2.05. The van der Waals surface area contributed by atoms with E-state index in [2.05, 4.69) is 26.1 Å². The normalized spacial score (nSPS) is 38.3. The number of nitrogens with one attached hydrogen (secondary N) is 1. The molecule has 3 atom stereocenters. The Morgan fingerprint density at radius 3 is 2.38 bits per heavy atom. The van der Waals surface area contributed by atoms with E-state index in [4.69, 9.17) is 0 Å².